The number of aromatic nitrogens is 2. The van der Waals surface area contributed by atoms with Gasteiger partial charge in [0.1, 0.15) is 0 Å². The lowest BCUT2D eigenvalue weighted by Gasteiger charge is -2.26. The molecule has 3 heterocycles. The Hall–Kier alpha value is -2.39. The highest BCUT2D eigenvalue weighted by molar-refractivity contribution is 7.92. The number of thiophene rings is 1. The summed E-state index contributed by atoms with van der Waals surface area (Å²) < 4.78 is 52.3. The molecule has 0 atom stereocenters. The molecular formula is C17H17N5O5S4. The van der Waals surface area contributed by atoms with Gasteiger partial charge in [-0.05, 0) is 41.6 Å². The molecule has 0 fully saturated rings. The van der Waals surface area contributed by atoms with Gasteiger partial charge in [-0.3, -0.25) is 14.8 Å². The monoisotopic (exact) mass is 499 g/mol. The molecule has 10 nitrogen and oxygen atoms in total. The molecule has 0 saturated carbocycles. The standard InChI is InChI=1S/C17H17N5O5S4/c1-30(24,25)21-17-20-19-16(29-17)18-15(23)11-3-2-4-13(9-11)31(26,27)22-7-5-14-12(10-22)6-8-28-14/h2-4,6,8-9H,5,7,10H2,1H3,(H,20,21)(H,18,19,23). The molecule has 1 aromatic carbocycles. The lowest BCUT2D eigenvalue weighted by Crippen LogP contribution is -2.35. The van der Waals surface area contributed by atoms with Crippen molar-refractivity contribution in [3.05, 3.63) is 51.7 Å². The SMILES string of the molecule is CS(=O)(=O)Nc1nnc(NC(=O)c2cccc(S(=O)(=O)N3CCc4sccc4C3)c2)s1. The molecule has 3 aromatic rings. The molecule has 2 N–H and O–H groups in total. The Balaban J connectivity index is 1.51. The van der Waals surface area contributed by atoms with Crippen LogP contribution in [0.4, 0.5) is 10.3 Å². The van der Waals surface area contributed by atoms with Crippen molar-refractivity contribution in [3.8, 4) is 0 Å². The summed E-state index contributed by atoms with van der Waals surface area (Å²) in [5, 5.41) is 11.9. The summed E-state index contributed by atoms with van der Waals surface area (Å²) in [6, 6.07) is 7.68. The van der Waals surface area contributed by atoms with Crippen LogP contribution in [0.1, 0.15) is 20.8 Å². The number of rotatable bonds is 6. The largest absolute Gasteiger partial charge is 0.296 e. The zero-order valence-electron chi connectivity index (χ0n) is 16.1. The van der Waals surface area contributed by atoms with Crippen LogP contribution in [0.2, 0.25) is 0 Å². The Kier molecular flexibility index (Phi) is 5.83. The molecule has 0 unspecified atom stereocenters. The summed E-state index contributed by atoms with van der Waals surface area (Å²) in [6.07, 6.45) is 1.63. The number of fused-ring (bicyclic) bond motifs is 1. The van der Waals surface area contributed by atoms with E-state index >= 15 is 0 Å². The average molecular weight is 500 g/mol. The van der Waals surface area contributed by atoms with Gasteiger partial charge in [0, 0.05) is 23.5 Å². The number of amides is 1. The van der Waals surface area contributed by atoms with E-state index in [2.05, 4.69) is 20.2 Å². The van der Waals surface area contributed by atoms with Crippen LogP contribution in [0.3, 0.4) is 0 Å². The van der Waals surface area contributed by atoms with Crippen LogP contribution in [-0.2, 0) is 33.0 Å². The van der Waals surface area contributed by atoms with E-state index in [1.54, 1.807) is 11.3 Å². The van der Waals surface area contributed by atoms with E-state index in [1.807, 2.05) is 11.4 Å². The normalized spacial score (nSPS) is 14.7. The minimum absolute atomic E-state index is 0.00651. The summed E-state index contributed by atoms with van der Waals surface area (Å²) in [4.78, 5) is 13.8. The number of hydrogen-bond donors (Lipinski definition) is 2. The van der Waals surface area contributed by atoms with Crippen molar-refractivity contribution < 1.29 is 21.6 Å². The van der Waals surface area contributed by atoms with Crippen LogP contribution >= 0.6 is 22.7 Å². The number of anilines is 2. The van der Waals surface area contributed by atoms with Crippen LogP contribution in [-0.4, -0.2) is 50.0 Å². The molecule has 0 bridgehead atoms. The van der Waals surface area contributed by atoms with Crippen LogP contribution < -0.4 is 10.0 Å². The molecule has 0 saturated heterocycles. The maximum absolute atomic E-state index is 13.1. The Morgan fingerprint density at radius 3 is 2.68 bits per heavy atom. The molecule has 2 aromatic heterocycles. The zero-order valence-corrected chi connectivity index (χ0v) is 19.4. The van der Waals surface area contributed by atoms with Crippen molar-refractivity contribution in [2.24, 2.45) is 0 Å². The molecule has 1 amide bonds. The Morgan fingerprint density at radius 2 is 1.90 bits per heavy atom. The maximum Gasteiger partial charge on any atom is 0.257 e. The average Bonchev–Trinajstić information content (AvgIpc) is 3.35. The van der Waals surface area contributed by atoms with Gasteiger partial charge in [-0.15, -0.1) is 21.5 Å². The molecule has 4 rings (SSSR count). The molecule has 164 valence electrons. The van der Waals surface area contributed by atoms with Crippen molar-refractivity contribution in [2.45, 2.75) is 17.9 Å². The quantitative estimate of drug-likeness (QED) is 0.529. The van der Waals surface area contributed by atoms with Crippen LogP contribution in [0.25, 0.3) is 0 Å². The number of benzene rings is 1. The number of nitrogens with one attached hydrogen (secondary N) is 2. The van der Waals surface area contributed by atoms with E-state index in [0.29, 0.717) is 19.5 Å². The van der Waals surface area contributed by atoms with E-state index in [0.717, 1.165) is 23.2 Å². The lowest BCUT2D eigenvalue weighted by atomic mass is 10.1. The third-order valence-corrected chi connectivity index (χ3v) is 8.74. The number of carbonyl (C=O) groups excluding carboxylic acids is 1. The van der Waals surface area contributed by atoms with Crippen LogP contribution in [0, 0.1) is 0 Å². The van der Waals surface area contributed by atoms with Crippen molar-refractivity contribution in [2.75, 3.05) is 22.8 Å². The van der Waals surface area contributed by atoms with Crippen molar-refractivity contribution in [1.29, 1.82) is 0 Å². The summed E-state index contributed by atoms with van der Waals surface area (Å²) in [5.74, 6) is -0.585. The second kappa shape index (κ2) is 8.27. The van der Waals surface area contributed by atoms with Gasteiger partial charge in [0.25, 0.3) is 5.91 Å². The van der Waals surface area contributed by atoms with Gasteiger partial charge in [-0.1, -0.05) is 17.4 Å². The van der Waals surface area contributed by atoms with Gasteiger partial charge in [-0.25, -0.2) is 16.8 Å². The predicted octanol–water partition coefficient (Wildman–Crippen LogP) is 1.97. The summed E-state index contributed by atoms with van der Waals surface area (Å²) in [7, 11) is -7.29. The van der Waals surface area contributed by atoms with Gasteiger partial charge in [0.2, 0.25) is 30.3 Å². The van der Waals surface area contributed by atoms with Crippen LogP contribution in [0.5, 0.6) is 0 Å². The van der Waals surface area contributed by atoms with Gasteiger partial charge in [-0.2, -0.15) is 4.31 Å². The van der Waals surface area contributed by atoms with Gasteiger partial charge >= 0.3 is 0 Å². The molecule has 14 heteroatoms. The van der Waals surface area contributed by atoms with Crippen molar-refractivity contribution in [1.82, 2.24) is 14.5 Å². The first-order valence-electron chi connectivity index (χ1n) is 8.90. The Bertz CT molecular complexity index is 1350. The minimum atomic E-state index is -3.77. The highest BCUT2D eigenvalue weighted by Gasteiger charge is 2.29. The third kappa shape index (κ3) is 4.93. The molecular weight excluding hydrogens is 482 g/mol. The first-order valence-corrected chi connectivity index (χ1v) is 13.9. The van der Waals surface area contributed by atoms with Gasteiger partial charge in [0.05, 0.1) is 11.2 Å². The summed E-state index contributed by atoms with van der Waals surface area (Å²) in [6.45, 7) is 0.686. The second-order valence-corrected chi connectivity index (χ2v) is 12.4. The van der Waals surface area contributed by atoms with Crippen molar-refractivity contribution >= 4 is 58.9 Å². The molecule has 1 aliphatic rings. The van der Waals surface area contributed by atoms with E-state index in [4.69, 9.17) is 0 Å². The fraction of sp³-hybridized carbons (Fsp3) is 0.235. The van der Waals surface area contributed by atoms with E-state index in [-0.39, 0.29) is 20.7 Å². The van der Waals surface area contributed by atoms with Gasteiger partial charge < -0.3 is 0 Å². The topological polar surface area (TPSA) is 138 Å². The zero-order chi connectivity index (χ0) is 22.2. The van der Waals surface area contributed by atoms with Crippen molar-refractivity contribution in [3.63, 3.8) is 0 Å². The van der Waals surface area contributed by atoms with E-state index in [1.165, 1.54) is 33.4 Å². The number of carbonyl (C=O) groups is 1. The molecule has 0 spiro atoms. The Morgan fingerprint density at radius 1 is 1.13 bits per heavy atom. The lowest BCUT2D eigenvalue weighted by molar-refractivity contribution is 0.102. The van der Waals surface area contributed by atoms with E-state index in [9.17, 15) is 21.6 Å². The second-order valence-electron chi connectivity index (χ2n) is 6.73. The Labute approximate surface area is 187 Å². The highest BCUT2D eigenvalue weighted by Crippen LogP contribution is 2.28. The fourth-order valence-corrected chi connectivity index (χ4v) is 6.84. The molecule has 0 radical (unpaired) electrons. The third-order valence-electron chi connectivity index (χ3n) is 4.42. The highest BCUT2D eigenvalue weighted by atomic mass is 32.2. The predicted molar refractivity (Wildman–Crippen MR) is 118 cm³/mol. The molecule has 31 heavy (non-hydrogen) atoms. The number of hydrogen-bond acceptors (Lipinski definition) is 9. The first kappa shape index (κ1) is 21.8. The molecule has 1 aliphatic heterocycles. The molecule has 0 aliphatic carbocycles. The first-order chi connectivity index (χ1) is 14.6. The number of sulfonamides is 2. The van der Waals surface area contributed by atoms with Crippen LogP contribution in [0.15, 0.2) is 40.6 Å². The summed E-state index contributed by atoms with van der Waals surface area (Å²) in [5.41, 5.74) is 1.13. The maximum atomic E-state index is 13.1. The smallest absolute Gasteiger partial charge is 0.257 e. The number of nitrogens with zero attached hydrogens (tertiary/aromatic N) is 3. The minimum Gasteiger partial charge on any atom is -0.296 e. The summed E-state index contributed by atoms with van der Waals surface area (Å²) >= 11 is 2.46. The van der Waals surface area contributed by atoms with E-state index < -0.39 is 26.0 Å². The van der Waals surface area contributed by atoms with Gasteiger partial charge in [0.15, 0.2) is 0 Å². The fourth-order valence-electron chi connectivity index (χ4n) is 3.02.